The summed E-state index contributed by atoms with van der Waals surface area (Å²) in [6.07, 6.45) is 3.40. The number of benzene rings is 2. The average Bonchev–Trinajstić information content (AvgIpc) is 2.96. The van der Waals surface area contributed by atoms with Gasteiger partial charge in [-0.3, -0.25) is 4.55 Å². The molecule has 5 rings (SSSR count). The van der Waals surface area contributed by atoms with E-state index < -0.39 is 10.1 Å². The van der Waals surface area contributed by atoms with E-state index in [1.54, 1.807) is 45.7 Å². The second-order valence-electron chi connectivity index (χ2n) is 10.0. The molecule has 1 aliphatic carbocycles. The summed E-state index contributed by atoms with van der Waals surface area (Å²) in [7, 11) is 0.807. The van der Waals surface area contributed by atoms with Crippen LogP contribution in [-0.2, 0) is 14.9 Å². The Morgan fingerprint density at radius 2 is 1.71 bits per heavy atom. The van der Waals surface area contributed by atoms with Crippen molar-refractivity contribution in [1.82, 2.24) is 4.98 Å². The van der Waals surface area contributed by atoms with Crippen molar-refractivity contribution >= 4 is 16.0 Å². The standard InChI is InChI=1S/C23H28N2O5.C7H8O3S/c1-13(19-12-24-22(29-4)11-21(19)28-3)30-23-18-10-15(27-2)6-7-16(18)17-9-14(26)5-8-20(17)25-23;1-6-2-4-7(5-3-6)11(8,9)10/h6-7,10-14,17,20,26H,5,8-9H2,1-4H3;2-5H,1H3,(H,8,9,10)/t13?,14-,17-,20-;/m1./s1. The number of rotatable bonds is 6. The number of aliphatic hydroxyl groups excluding tert-OH is 1. The van der Waals surface area contributed by atoms with Crippen molar-refractivity contribution in [2.24, 2.45) is 4.99 Å². The van der Waals surface area contributed by atoms with Gasteiger partial charge in [0.25, 0.3) is 10.1 Å². The largest absolute Gasteiger partial charge is 0.497 e. The van der Waals surface area contributed by atoms with Crippen molar-refractivity contribution in [2.45, 2.75) is 62.2 Å². The van der Waals surface area contributed by atoms with Crippen molar-refractivity contribution < 1.29 is 37.0 Å². The Balaban J connectivity index is 0.000000296. The van der Waals surface area contributed by atoms with E-state index in [1.807, 2.05) is 26.0 Å². The molecule has 1 unspecified atom stereocenters. The average molecular weight is 585 g/mol. The lowest BCUT2D eigenvalue weighted by Gasteiger charge is -2.37. The summed E-state index contributed by atoms with van der Waals surface area (Å²) in [5.74, 6) is 2.66. The smallest absolute Gasteiger partial charge is 0.294 e. The second kappa shape index (κ2) is 12.9. The molecule has 2 aromatic carbocycles. The van der Waals surface area contributed by atoms with Crippen LogP contribution in [0, 0.1) is 6.92 Å². The molecule has 0 bridgehead atoms. The predicted octanol–water partition coefficient (Wildman–Crippen LogP) is 4.88. The minimum Gasteiger partial charge on any atom is -0.497 e. The number of hydrogen-bond acceptors (Lipinski definition) is 9. The first-order valence-electron chi connectivity index (χ1n) is 13.3. The number of aromatic nitrogens is 1. The van der Waals surface area contributed by atoms with Crippen LogP contribution >= 0.6 is 0 Å². The van der Waals surface area contributed by atoms with E-state index in [0.29, 0.717) is 23.9 Å². The van der Waals surface area contributed by atoms with Crippen LogP contribution in [0.4, 0.5) is 0 Å². The number of aryl methyl sites for hydroxylation is 1. The Bertz CT molecular complexity index is 1490. The van der Waals surface area contributed by atoms with Crippen molar-refractivity contribution in [3.63, 3.8) is 0 Å². The number of aliphatic hydroxyl groups is 1. The Morgan fingerprint density at radius 1 is 0.976 bits per heavy atom. The maximum absolute atomic E-state index is 10.5. The van der Waals surface area contributed by atoms with Gasteiger partial charge in [-0.1, -0.05) is 23.8 Å². The number of hydrogen-bond donors (Lipinski definition) is 2. The molecule has 41 heavy (non-hydrogen) atoms. The summed E-state index contributed by atoms with van der Waals surface area (Å²) in [4.78, 5) is 9.18. The predicted molar refractivity (Wildman–Crippen MR) is 154 cm³/mol. The molecule has 2 aliphatic rings. The molecule has 2 heterocycles. The van der Waals surface area contributed by atoms with E-state index in [0.717, 1.165) is 40.8 Å². The van der Waals surface area contributed by atoms with E-state index in [2.05, 4.69) is 11.1 Å². The molecular formula is C30H36N2O8S. The van der Waals surface area contributed by atoms with Crippen molar-refractivity contribution in [2.75, 3.05) is 21.3 Å². The molecule has 11 heteroatoms. The van der Waals surface area contributed by atoms with Crippen molar-refractivity contribution in [1.29, 1.82) is 0 Å². The first-order valence-corrected chi connectivity index (χ1v) is 14.7. The monoisotopic (exact) mass is 584 g/mol. The first kappa shape index (κ1) is 30.3. The second-order valence-corrected chi connectivity index (χ2v) is 11.5. The third-order valence-corrected chi connectivity index (χ3v) is 8.17. The van der Waals surface area contributed by atoms with Gasteiger partial charge in [0.15, 0.2) is 0 Å². The Kier molecular flexibility index (Phi) is 9.52. The summed E-state index contributed by atoms with van der Waals surface area (Å²) in [5, 5.41) is 10.2. The lowest BCUT2D eigenvalue weighted by molar-refractivity contribution is 0.108. The quantitative estimate of drug-likeness (QED) is 0.388. The van der Waals surface area contributed by atoms with Gasteiger partial charge in [0.1, 0.15) is 17.6 Å². The first-order chi connectivity index (χ1) is 19.5. The highest BCUT2D eigenvalue weighted by atomic mass is 32.2. The van der Waals surface area contributed by atoms with E-state index in [1.165, 1.54) is 12.1 Å². The van der Waals surface area contributed by atoms with Gasteiger partial charge in [0.2, 0.25) is 11.8 Å². The molecule has 2 N–H and O–H groups in total. The summed E-state index contributed by atoms with van der Waals surface area (Å²) in [5.41, 5.74) is 3.83. The molecule has 0 amide bonds. The van der Waals surface area contributed by atoms with E-state index in [9.17, 15) is 13.5 Å². The van der Waals surface area contributed by atoms with Crippen LogP contribution in [0.25, 0.3) is 0 Å². The Labute approximate surface area is 240 Å². The highest BCUT2D eigenvalue weighted by Gasteiger charge is 2.37. The van der Waals surface area contributed by atoms with Crippen LogP contribution < -0.4 is 14.2 Å². The third-order valence-electron chi connectivity index (χ3n) is 7.30. The molecule has 1 aliphatic heterocycles. The molecule has 220 valence electrons. The zero-order chi connectivity index (χ0) is 29.7. The number of fused-ring (bicyclic) bond motifs is 3. The third kappa shape index (κ3) is 7.16. The maximum atomic E-state index is 10.5. The zero-order valence-electron chi connectivity index (χ0n) is 23.8. The minimum absolute atomic E-state index is 0.0666. The van der Waals surface area contributed by atoms with Crippen LogP contribution in [0.2, 0.25) is 0 Å². The molecular weight excluding hydrogens is 548 g/mol. The van der Waals surface area contributed by atoms with Crippen LogP contribution in [0.3, 0.4) is 0 Å². The van der Waals surface area contributed by atoms with E-state index in [4.69, 9.17) is 28.5 Å². The number of nitrogens with zero attached hydrogens (tertiary/aromatic N) is 2. The zero-order valence-corrected chi connectivity index (χ0v) is 24.6. The Morgan fingerprint density at radius 3 is 2.34 bits per heavy atom. The lowest BCUT2D eigenvalue weighted by atomic mass is 9.75. The van der Waals surface area contributed by atoms with Gasteiger partial charge in [-0.25, -0.2) is 9.98 Å². The van der Waals surface area contributed by atoms with Gasteiger partial charge in [0, 0.05) is 23.7 Å². The lowest BCUT2D eigenvalue weighted by Crippen LogP contribution is -2.34. The van der Waals surface area contributed by atoms with Gasteiger partial charge in [-0.05, 0) is 62.9 Å². The maximum Gasteiger partial charge on any atom is 0.294 e. The molecule has 0 radical (unpaired) electrons. The molecule has 0 saturated heterocycles. The van der Waals surface area contributed by atoms with E-state index in [-0.39, 0.29) is 29.1 Å². The van der Waals surface area contributed by atoms with E-state index >= 15 is 0 Å². The van der Waals surface area contributed by atoms with Crippen LogP contribution in [-0.4, -0.2) is 62.4 Å². The van der Waals surface area contributed by atoms with Crippen molar-refractivity contribution in [3.05, 3.63) is 77.0 Å². The highest BCUT2D eigenvalue weighted by Crippen LogP contribution is 2.42. The highest BCUT2D eigenvalue weighted by molar-refractivity contribution is 7.85. The molecule has 10 nitrogen and oxygen atoms in total. The number of ether oxygens (including phenoxy) is 4. The molecule has 1 fully saturated rings. The Hall–Kier alpha value is -3.67. The fourth-order valence-electron chi connectivity index (χ4n) is 5.07. The summed E-state index contributed by atoms with van der Waals surface area (Å²) in [6, 6.07) is 13.8. The minimum atomic E-state index is -4.02. The summed E-state index contributed by atoms with van der Waals surface area (Å²) >= 11 is 0. The number of methoxy groups -OCH3 is 3. The molecule has 3 aromatic rings. The van der Waals surface area contributed by atoms with Crippen LogP contribution in [0.15, 0.2) is 64.6 Å². The van der Waals surface area contributed by atoms with Crippen LogP contribution in [0.5, 0.6) is 17.4 Å². The fourth-order valence-corrected chi connectivity index (χ4v) is 5.55. The topological polar surface area (TPSA) is 137 Å². The van der Waals surface area contributed by atoms with Gasteiger partial charge in [0.05, 0.1) is 43.9 Å². The van der Waals surface area contributed by atoms with Crippen LogP contribution in [0.1, 0.15) is 60.5 Å². The van der Waals surface area contributed by atoms with Crippen molar-refractivity contribution in [3.8, 4) is 17.4 Å². The van der Waals surface area contributed by atoms with Gasteiger partial charge in [-0.15, -0.1) is 0 Å². The molecule has 1 saturated carbocycles. The molecule has 1 aromatic heterocycles. The van der Waals surface area contributed by atoms with Gasteiger partial charge < -0.3 is 24.1 Å². The van der Waals surface area contributed by atoms with Gasteiger partial charge in [-0.2, -0.15) is 8.42 Å². The number of aliphatic imine (C=N–C) groups is 1. The fraction of sp³-hybridized carbons (Fsp3) is 0.400. The van der Waals surface area contributed by atoms with Gasteiger partial charge >= 0.3 is 0 Å². The number of pyridine rings is 1. The molecule has 4 atom stereocenters. The normalized spacial score (nSPS) is 20.3. The molecule has 0 spiro atoms. The SMILES string of the molecule is COc1ccc2c(c1)C(OC(C)c1cnc(OC)cc1OC)=N[C@@H]1CC[C@@H](O)C[C@H]21.Cc1ccc(S(=O)(=O)O)cc1. The summed E-state index contributed by atoms with van der Waals surface area (Å²) < 4.78 is 52.1. The summed E-state index contributed by atoms with van der Waals surface area (Å²) in [6.45, 7) is 3.79.